The Morgan fingerprint density at radius 2 is 2.10 bits per heavy atom. The first kappa shape index (κ1) is 20.9. The molecule has 1 unspecified atom stereocenters. The lowest BCUT2D eigenvalue weighted by Gasteiger charge is -2.17. The van der Waals surface area contributed by atoms with Crippen molar-refractivity contribution in [3.8, 4) is 6.07 Å². The van der Waals surface area contributed by atoms with Crippen LogP contribution in [0.25, 0.3) is 0 Å². The summed E-state index contributed by atoms with van der Waals surface area (Å²) >= 11 is 1.30. The second-order valence-corrected chi connectivity index (χ2v) is 8.19. The molecule has 1 aromatic carbocycles. The van der Waals surface area contributed by atoms with Crippen molar-refractivity contribution in [2.24, 2.45) is 5.92 Å². The van der Waals surface area contributed by atoms with Crippen molar-refractivity contribution in [1.82, 2.24) is 4.90 Å². The van der Waals surface area contributed by atoms with E-state index in [-0.39, 0.29) is 31.3 Å². The van der Waals surface area contributed by atoms with E-state index in [0.29, 0.717) is 16.1 Å². The maximum Gasteiger partial charge on any atom is 0.416 e. The van der Waals surface area contributed by atoms with Gasteiger partial charge >= 0.3 is 6.18 Å². The van der Waals surface area contributed by atoms with Gasteiger partial charge in [-0.05, 0) is 37.1 Å². The average molecular weight is 421 g/mol. The number of nitriles is 1. The van der Waals surface area contributed by atoms with Crippen LogP contribution in [0, 0.1) is 31.1 Å². The molecule has 3 rings (SSSR count). The molecule has 1 aliphatic heterocycles. The Kier molecular flexibility index (Phi) is 5.66. The van der Waals surface area contributed by atoms with Crippen LogP contribution in [0.4, 0.5) is 18.2 Å². The number of benzene rings is 1. The highest BCUT2D eigenvalue weighted by atomic mass is 32.1. The van der Waals surface area contributed by atoms with E-state index in [1.807, 2.05) is 6.92 Å². The van der Waals surface area contributed by atoms with Crippen LogP contribution in [0.2, 0.25) is 0 Å². The molecule has 1 N–H and O–H groups in total. The Morgan fingerprint density at radius 3 is 2.76 bits per heavy atom. The molecule has 152 valence electrons. The molecule has 2 amide bonds. The van der Waals surface area contributed by atoms with E-state index in [1.165, 1.54) is 28.4 Å². The number of hydrogen-bond donors (Lipinski definition) is 1. The molecule has 0 spiro atoms. The predicted octanol–water partition coefficient (Wildman–Crippen LogP) is 4.24. The summed E-state index contributed by atoms with van der Waals surface area (Å²) in [7, 11) is 0. The van der Waals surface area contributed by atoms with Gasteiger partial charge < -0.3 is 10.2 Å². The maximum atomic E-state index is 12.9. The highest BCUT2D eigenvalue weighted by Crippen LogP contribution is 2.33. The normalized spacial score (nSPS) is 16.8. The first-order valence-electron chi connectivity index (χ1n) is 8.85. The standard InChI is InChI=1S/C20H18F3N3O2S/c1-11-12(2)29-19(16(11)8-24)25-18(28)14-7-17(27)26(10-14)9-13-4-3-5-15(6-13)20(21,22)23/h3-6,14H,7,9-10H2,1-2H3,(H,25,28). The lowest BCUT2D eigenvalue weighted by atomic mass is 10.1. The van der Waals surface area contributed by atoms with E-state index < -0.39 is 17.7 Å². The second kappa shape index (κ2) is 7.87. The van der Waals surface area contributed by atoms with Crippen LogP contribution in [0.3, 0.4) is 0 Å². The Bertz CT molecular complexity index is 1010. The van der Waals surface area contributed by atoms with Gasteiger partial charge in [-0.3, -0.25) is 9.59 Å². The molecule has 1 saturated heterocycles. The number of carbonyl (C=O) groups excluding carboxylic acids is 2. The van der Waals surface area contributed by atoms with E-state index in [0.717, 1.165) is 22.6 Å². The molecule has 5 nitrogen and oxygen atoms in total. The van der Waals surface area contributed by atoms with Gasteiger partial charge in [0.25, 0.3) is 0 Å². The minimum atomic E-state index is -4.46. The van der Waals surface area contributed by atoms with Crippen LogP contribution >= 0.6 is 11.3 Å². The fourth-order valence-electron chi connectivity index (χ4n) is 3.23. The van der Waals surface area contributed by atoms with Crippen molar-refractivity contribution >= 4 is 28.2 Å². The zero-order valence-electron chi connectivity index (χ0n) is 15.8. The van der Waals surface area contributed by atoms with Gasteiger partial charge in [0.1, 0.15) is 11.1 Å². The topological polar surface area (TPSA) is 73.2 Å². The number of thiophene rings is 1. The summed E-state index contributed by atoms with van der Waals surface area (Å²) < 4.78 is 38.6. The molecule has 1 aliphatic rings. The first-order chi connectivity index (χ1) is 13.6. The molecule has 1 fully saturated rings. The molecule has 2 heterocycles. The smallest absolute Gasteiger partial charge is 0.338 e. The molecular formula is C20H18F3N3O2S. The fraction of sp³-hybridized carbons (Fsp3) is 0.350. The van der Waals surface area contributed by atoms with Crippen molar-refractivity contribution in [2.45, 2.75) is 33.0 Å². The minimum Gasteiger partial charge on any atom is -0.338 e. The van der Waals surface area contributed by atoms with E-state index in [1.54, 1.807) is 6.92 Å². The molecular weight excluding hydrogens is 403 g/mol. The van der Waals surface area contributed by atoms with Crippen LogP contribution < -0.4 is 5.32 Å². The van der Waals surface area contributed by atoms with Crippen molar-refractivity contribution < 1.29 is 22.8 Å². The summed E-state index contributed by atoms with van der Waals surface area (Å²) in [6, 6.07) is 6.88. The number of amides is 2. The highest BCUT2D eigenvalue weighted by Gasteiger charge is 2.35. The Morgan fingerprint density at radius 1 is 1.38 bits per heavy atom. The van der Waals surface area contributed by atoms with E-state index in [4.69, 9.17) is 0 Å². The van der Waals surface area contributed by atoms with Crippen LogP contribution in [-0.2, 0) is 22.3 Å². The maximum absolute atomic E-state index is 12.9. The molecule has 9 heteroatoms. The monoisotopic (exact) mass is 421 g/mol. The summed E-state index contributed by atoms with van der Waals surface area (Å²) in [4.78, 5) is 27.2. The van der Waals surface area contributed by atoms with Crippen molar-refractivity contribution in [3.05, 3.63) is 51.4 Å². The minimum absolute atomic E-state index is 0.00714. The van der Waals surface area contributed by atoms with Gasteiger partial charge in [-0.15, -0.1) is 11.3 Å². The number of rotatable bonds is 4. The Balaban J connectivity index is 1.68. The number of nitrogens with one attached hydrogen (secondary N) is 1. The third-order valence-corrected chi connectivity index (χ3v) is 6.07. The third-order valence-electron chi connectivity index (χ3n) is 4.95. The van der Waals surface area contributed by atoms with Crippen LogP contribution in [0.15, 0.2) is 24.3 Å². The van der Waals surface area contributed by atoms with Crippen LogP contribution in [0.5, 0.6) is 0 Å². The summed E-state index contributed by atoms with van der Waals surface area (Å²) in [6.45, 7) is 3.78. The number of halogens is 3. The average Bonchev–Trinajstić information content (AvgIpc) is 3.14. The van der Waals surface area contributed by atoms with E-state index in [2.05, 4.69) is 11.4 Å². The van der Waals surface area contributed by atoms with E-state index >= 15 is 0 Å². The molecule has 0 saturated carbocycles. The molecule has 1 atom stereocenters. The van der Waals surface area contributed by atoms with Crippen LogP contribution in [0.1, 0.15) is 33.6 Å². The SMILES string of the molecule is Cc1sc(NC(=O)C2CC(=O)N(Cc3cccc(C(F)(F)F)c3)C2)c(C#N)c1C. The molecule has 29 heavy (non-hydrogen) atoms. The lowest BCUT2D eigenvalue weighted by molar-refractivity contribution is -0.137. The summed E-state index contributed by atoms with van der Waals surface area (Å²) in [5.74, 6) is -1.29. The highest BCUT2D eigenvalue weighted by molar-refractivity contribution is 7.16. The molecule has 0 aliphatic carbocycles. The van der Waals surface area contributed by atoms with Gasteiger partial charge in [0.15, 0.2) is 0 Å². The largest absolute Gasteiger partial charge is 0.416 e. The first-order valence-corrected chi connectivity index (χ1v) is 9.66. The van der Waals surface area contributed by atoms with Gasteiger partial charge in [0.2, 0.25) is 11.8 Å². The molecule has 2 aromatic rings. The number of nitrogens with zero attached hydrogens (tertiary/aromatic N) is 2. The second-order valence-electron chi connectivity index (χ2n) is 6.96. The summed E-state index contributed by atoms with van der Waals surface area (Å²) in [6.07, 6.45) is -4.47. The number of alkyl halides is 3. The zero-order chi connectivity index (χ0) is 21.3. The summed E-state index contributed by atoms with van der Waals surface area (Å²) in [5.41, 5.74) is 0.793. The van der Waals surface area contributed by atoms with E-state index in [9.17, 15) is 28.0 Å². The number of anilines is 1. The quantitative estimate of drug-likeness (QED) is 0.803. The molecule has 0 radical (unpaired) electrons. The molecule has 0 bridgehead atoms. The van der Waals surface area contributed by atoms with Crippen molar-refractivity contribution in [3.63, 3.8) is 0 Å². The number of carbonyl (C=O) groups is 2. The molecule has 1 aromatic heterocycles. The zero-order valence-corrected chi connectivity index (χ0v) is 16.6. The van der Waals surface area contributed by atoms with Crippen molar-refractivity contribution in [2.75, 3.05) is 11.9 Å². The van der Waals surface area contributed by atoms with Crippen molar-refractivity contribution in [1.29, 1.82) is 5.26 Å². The van der Waals surface area contributed by atoms with Gasteiger partial charge in [0.05, 0.1) is 17.0 Å². The van der Waals surface area contributed by atoms with Crippen LogP contribution in [-0.4, -0.2) is 23.3 Å². The fourth-order valence-corrected chi connectivity index (χ4v) is 4.24. The number of hydrogen-bond acceptors (Lipinski definition) is 4. The Hall–Kier alpha value is -2.86. The van der Waals surface area contributed by atoms with Gasteiger partial charge in [-0.2, -0.15) is 18.4 Å². The summed E-state index contributed by atoms with van der Waals surface area (Å²) in [5, 5.41) is 12.5. The predicted molar refractivity (Wildman–Crippen MR) is 102 cm³/mol. The Labute approximate surface area is 169 Å². The third kappa shape index (κ3) is 4.43. The van der Waals surface area contributed by atoms with Gasteiger partial charge in [0, 0.05) is 24.4 Å². The lowest BCUT2D eigenvalue weighted by Crippen LogP contribution is -2.28. The van der Waals surface area contributed by atoms with Gasteiger partial charge in [-0.1, -0.05) is 12.1 Å². The number of likely N-dealkylation sites (tertiary alicyclic amines) is 1. The van der Waals surface area contributed by atoms with Gasteiger partial charge in [-0.25, -0.2) is 0 Å². The number of aryl methyl sites for hydroxylation is 1.